The Morgan fingerprint density at radius 1 is 1.21 bits per heavy atom. The van der Waals surface area contributed by atoms with Crippen molar-refractivity contribution in [2.45, 2.75) is 78.4 Å². The third-order valence-electron chi connectivity index (χ3n) is 8.04. The van der Waals surface area contributed by atoms with Gasteiger partial charge in [-0.2, -0.15) is 0 Å². The van der Waals surface area contributed by atoms with Crippen LogP contribution in [-0.4, -0.2) is 59.6 Å². The highest BCUT2D eigenvalue weighted by molar-refractivity contribution is 6.38. The summed E-state index contributed by atoms with van der Waals surface area (Å²) < 4.78 is 0. The minimum Gasteiger partial charge on any atom is -0.346 e. The predicted octanol–water partition coefficient (Wildman–Crippen LogP) is 2.17. The van der Waals surface area contributed by atoms with E-state index in [2.05, 4.69) is 35.9 Å². The number of Topliss-reactive ketones (excluding diaryl/α,β-unsaturated/α-hetero) is 1. The van der Waals surface area contributed by atoms with Crippen molar-refractivity contribution in [3.05, 3.63) is 12.7 Å². The maximum Gasteiger partial charge on any atom is 0.289 e. The number of halogens is 1. The van der Waals surface area contributed by atoms with Gasteiger partial charge in [-0.05, 0) is 46.8 Å². The Morgan fingerprint density at radius 3 is 2.35 bits per heavy atom. The SMILES string of the molecule is C=CCNC(=O)C(=O)C(CC1CCC1)NC(=O)[C@@H]1[C@@H]2[C@H](CN1C(=O)[C@@H](NCl)C(C)(C)C)C2(C)C. The number of nitrogens with zero attached hydrogens (tertiary/aromatic N) is 1. The molecule has 0 bridgehead atoms. The van der Waals surface area contributed by atoms with Crippen molar-refractivity contribution in [1.29, 1.82) is 0 Å². The summed E-state index contributed by atoms with van der Waals surface area (Å²) in [7, 11) is 0. The fourth-order valence-electron chi connectivity index (χ4n) is 5.52. The van der Waals surface area contributed by atoms with Crippen molar-refractivity contribution in [2.75, 3.05) is 13.1 Å². The van der Waals surface area contributed by atoms with Gasteiger partial charge in [0, 0.05) is 13.1 Å². The van der Waals surface area contributed by atoms with Crippen molar-refractivity contribution in [3.8, 4) is 0 Å². The van der Waals surface area contributed by atoms with Crippen LogP contribution in [0.5, 0.6) is 0 Å². The molecule has 3 aliphatic rings. The van der Waals surface area contributed by atoms with Gasteiger partial charge >= 0.3 is 0 Å². The molecule has 0 radical (unpaired) electrons. The lowest BCUT2D eigenvalue weighted by Crippen LogP contribution is -2.59. The maximum atomic E-state index is 13.6. The lowest BCUT2D eigenvalue weighted by molar-refractivity contribution is -0.145. The molecule has 3 amide bonds. The molecule has 1 aliphatic heterocycles. The van der Waals surface area contributed by atoms with E-state index in [1.807, 2.05) is 20.8 Å². The summed E-state index contributed by atoms with van der Waals surface area (Å²) in [5, 5.41) is 5.38. The van der Waals surface area contributed by atoms with E-state index >= 15 is 0 Å². The van der Waals surface area contributed by atoms with Crippen LogP contribution in [0.25, 0.3) is 0 Å². The number of likely N-dealkylation sites (tertiary alicyclic amines) is 1. The number of amides is 3. The van der Waals surface area contributed by atoms with E-state index < -0.39 is 35.2 Å². The molecule has 9 heteroatoms. The highest BCUT2D eigenvalue weighted by atomic mass is 35.5. The lowest BCUT2D eigenvalue weighted by atomic mass is 9.80. The Labute approximate surface area is 207 Å². The Balaban J connectivity index is 1.80. The van der Waals surface area contributed by atoms with Crippen LogP contribution in [0.4, 0.5) is 0 Å². The predicted molar refractivity (Wildman–Crippen MR) is 131 cm³/mol. The highest BCUT2D eigenvalue weighted by Crippen LogP contribution is 2.65. The van der Waals surface area contributed by atoms with Gasteiger partial charge in [0.25, 0.3) is 5.91 Å². The molecule has 0 spiro atoms. The van der Waals surface area contributed by atoms with Gasteiger partial charge in [-0.15, -0.1) is 6.58 Å². The smallest absolute Gasteiger partial charge is 0.289 e. The van der Waals surface area contributed by atoms with E-state index in [0.29, 0.717) is 18.9 Å². The molecule has 34 heavy (non-hydrogen) atoms. The van der Waals surface area contributed by atoms with Crippen molar-refractivity contribution < 1.29 is 19.2 Å². The van der Waals surface area contributed by atoms with E-state index in [1.54, 1.807) is 4.90 Å². The molecule has 1 unspecified atom stereocenters. The fourth-order valence-corrected chi connectivity index (χ4v) is 5.94. The summed E-state index contributed by atoms with van der Waals surface area (Å²) in [4.78, 5) is 56.6. The quantitative estimate of drug-likeness (QED) is 0.245. The van der Waals surface area contributed by atoms with Crippen LogP contribution in [-0.2, 0) is 19.2 Å². The lowest BCUT2D eigenvalue weighted by Gasteiger charge is -2.37. The fraction of sp³-hybridized carbons (Fsp3) is 0.760. The van der Waals surface area contributed by atoms with Gasteiger partial charge in [0.1, 0.15) is 12.1 Å². The van der Waals surface area contributed by atoms with Crippen LogP contribution in [0.15, 0.2) is 12.7 Å². The van der Waals surface area contributed by atoms with E-state index in [0.717, 1.165) is 19.3 Å². The molecule has 5 atom stereocenters. The van der Waals surface area contributed by atoms with E-state index in [-0.39, 0.29) is 35.6 Å². The summed E-state index contributed by atoms with van der Waals surface area (Å²) >= 11 is 5.94. The number of piperidine rings is 1. The van der Waals surface area contributed by atoms with E-state index in [4.69, 9.17) is 11.8 Å². The molecule has 0 aromatic heterocycles. The first-order valence-electron chi connectivity index (χ1n) is 12.2. The summed E-state index contributed by atoms with van der Waals surface area (Å²) in [6.07, 6.45) is 4.98. The molecule has 8 nitrogen and oxygen atoms in total. The third-order valence-corrected chi connectivity index (χ3v) is 8.26. The minimum atomic E-state index is -0.912. The minimum absolute atomic E-state index is 0.00133. The second-order valence-electron chi connectivity index (χ2n) is 11.8. The molecular formula is C25H39ClN4O4. The maximum absolute atomic E-state index is 13.6. The first-order chi connectivity index (χ1) is 15.8. The van der Waals surface area contributed by atoms with Crippen LogP contribution in [0.3, 0.4) is 0 Å². The molecule has 3 N–H and O–H groups in total. The number of rotatable bonds is 10. The normalized spacial score (nSPS) is 27.1. The van der Waals surface area contributed by atoms with Gasteiger partial charge in [0.2, 0.25) is 17.6 Å². The molecule has 2 aliphatic carbocycles. The van der Waals surface area contributed by atoms with Gasteiger partial charge in [-0.1, -0.05) is 60.0 Å². The molecule has 1 saturated heterocycles. The average molecular weight is 495 g/mol. The Morgan fingerprint density at radius 2 is 1.85 bits per heavy atom. The van der Waals surface area contributed by atoms with E-state index in [1.165, 1.54) is 6.08 Å². The summed E-state index contributed by atoms with van der Waals surface area (Å²) in [5.41, 5.74) is -0.520. The van der Waals surface area contributed by atoms with Crippen molar-refractivity contribution in [3.63, 3.8) is 0 Å². The first kappa shape index (κ1) is 26.7. The number of fused-ring (bicyclic) bond motifs is 1. The second-order valence-corrected chi connectivity index (χ2v) is 12.0. The Hall–Kier alpha value is -1.93. The van der Waals surface area contributed by atoms with Crippen LogP contribution in [0.2, 0.25) is 0 Å². The topological polar surface area (TPSA) is 108 Å². The molecule has 1 heterocycles. The average Bonchev–Trinajstić information content (AvgIpc) is 3.07. The van der Waals surface area contributed by atoms with Crippen molar-refractivity contribution >= 4 is 35.3 Å². The van der Waals surface area contributed by atoms with Crippen LogP contribution in [0.1, 0.15) is 60.3 Å². The first-order valence-corrected chi connectivity index (χ1v) is 12.6. The zero-order chi connectivity index (χ0) is 25.4. The van der Waals surface area contributed by atoms with Crippen LogP contribution < -0.4 is 15.5 Å². The zero-order valence-electron chi connectivity index (χ0n) is 20.9. The van der Waals surface area contributed by atoms with E-state index in [9.17, 15) is 19.2 Å². The van der Waals surface area contributed by atoms with Gasteiger partial charge < -0.3 is 15.5 Å². The van der Waals surface area contributed by atoms with Gasteiger partial charge in [0.15, 0.2) is 0 Å². The van der Waals surface area contributed by atoms with Gasteiger partial charge in [0.05, 0.1) is 6.04 Å². The van der Waals surface area contributed by atoms with Crippen molar-refractivity contribution in [2.24, 2.45) is 28.6 Å². The number of hydrogen-bond acceptors (Lipinski definition) is 5. The van der Waals surface area contributed by atoms with Gasteiger partial charge in [-0.25, -0.2) is 4.84 Å². The molecule has 2 saturated carbocycles. The Kier molecular flexibility index (Phi) is 7.82. The van der Waals surface area contributed by atoms with Gasteiger partial charge in [-0.3, -0.25) is 19.2 Å². The number of carbonyl (C=O) groups is 4. The molecule has 3 fully saturated rings. The molecular weight excluding hydrogens is 456 g/mol. The molecule has 3 rings (SSSR count). The third kappa shape index (κ3) is 5.18. The number of nitrogens with one attached hydrogen (secondary N) is 3. The summed E-state index contributed by atoms with van der Waals surface area (Å²) in [6, 6.07) is -2.28. The highest BCUT2D eigenvalue weighted by Gasteiger charge is 2.69. The second kappa shape index (κ2) is 9.97. The number of hydrogen-bond donors (Lipinski definition) is 3. The largest absolute Gasteiger partial charge is 0.346 e. The zero-order valence-corrected chi connectivity index (χ0v) is 21.7. The van der Waals surface area contributed by atoms with Crippen LogP contribution >= 0.6 is 11.8 Å². The standard InChI is InChI=1S/C25H39ClN4O4/c1-7-11-27-22(33)19(31)16(12-14-9-8-10-14)28-21(32)18-17-15(25(17,5)6)13-30(18)23(34)20(29-26)24(2,3)4/h7,14-18,20,29H,1,8-13H2,2-6H3,(H,27,33)(H,28,32)/t15-,16?,17-,18-,20+/m0/s1. The summed E-state index contributed by atoms with van der Waals surface area (Å²) in [5.74, 6) is -1.47. The van der Waals surface area contributed by atoms with Crippen LogP contribution in [0, 0.1) is 28.6 Å². The van der Waals surface area contributed by atoms with Crippen molar-refractivity contribution in [1.82, 2.24) is 20.4 Å². The number of ketones is 1. The Bertz CT molecular complexity index is 848. The number of carbonyl (C=O) groups excluding carboxylic acids is 4. The molecule has 0 aromatic rings. The summed E-state index contributed by atoms with van der Waals surface area (Å²) in [6.45, 7) is 14.1. The molecule has 190 valence electrons. The monoisotopic (exact) mass is 494 g/mol. The molecule has 0 aromatic carbocycles.